The normalized spacial score (nSPS) is 15.0. The summed E-state index contributed by atoms with van der Waals surface area (Å²) in [7, 11) is 0. The maximum absolute atomic E-state index is 13.2. The molecule has 2 rings (SSSR count). The zero-order valence-electron chi connectivity index (χ0n) is 13.3. The molecule has 0 spiro atoms. The minimum absolute atomic E-state index is 0.138. The third-order valence-electron chi connectivity index (χ3n) is 3.52. The predicted molar refractivity (Wildman–Crippen MR) is 98.5 cm³/mol. The Labute approximate surface area is 159 Å². The highest BCUT2D eigenvalue weighted by Gasteiger charge is 2.25. The molecule has 1 heterocycles. The second-order valence-electron chi connectivity index (χ2n) is 5.49. The van der Waals surface area contributed by atoms with Crippen molar-refractivity contribution in [2.75, 3.05) is 6.67 Å². The first-order chi connectivity index (χ1) is 11.8. The van der Waals surface area contributed by atoms with E-state index in [1.165, 1.54) is 11.3 Å². The van der Waals surface area contributed by atoms with E-state index >= 15 is 0 Å². The van der Waals surface area contributed by atoms with E-state index in [2.05, 4.69) is 10.3 Å². The summed E-state index contributed by atoms with van der Waals surface area (Å²) >= 11 is 12.3. The number of halogens is 3. The van der Waals surface area contributed by atoms with E-state index in [1.54, 1.807) is 30.5 Å². The first kappa shape index (κ1) is 20.1. The van der Waals surface area contributed by atoms with Crippen LogP contribution < -0.4 is 11.1 Å². The number of thiazole rings is 1. The zero-order valence-corrected chi connectivity index (χ0v) is 15.7. The summed E-state index contributed by atoms with van der Waals surface area (Å²) in [6.07, 6.45) is 0.511. The number of aromatic nitrogens is 1. The number of benzene rings is 1. The average molecular weight is 406 g/mol. The molecule has 1 unspecified atom stereocenters. The summed E-state index contributed by atoms with van der Waals surface area (Å²) in [6.45, 7) is 0.904. The maximum atomic E-state index is 13.2. The van der Waals surface area contributed by atoms with Gasteiger partial charge in [-0.1, -0.05) is 47.5 Å². The molecule has 0 aliphatic carbocycles. The van der Waals surface area contributed by atoms with Gasteiger partial charge >= 0.3 is 0 Å². The molecular formula is C16H18Cl2FN3O2S. The molecule has 0 saturated heterocycles. The average Bonchev–Trinajstić information content (AvgIpc) is 3.09. The van der Waals surface area contributed by atoms with Crippen molar-refractivity contribution in [1.29, 1.82) is 0 Å². The lowest BCUT2D eigenvalue weighted by molar-refractivity contribution is -0.121. The first-order valence-electron chi connectivity index (χ1n) is 7.47. The number of aliphatic hydroxyl groups excluding tert-OH is 1. The highest BCUT2D eigenvalue weighted by atomic mass is 35.5. The first-order valence-corrected chi connectivity index (χ1v) is 9.16. The van der Waals surface area contributed by atoms with Crippen molar-refractivity contribution in [2.24, 2.45) is 5.73 Å². The Morgan fingerprint density at radius 2 is 2.04 bits per heavy atom. The number of hydrogen-bond acceptors (Lipinski definition) is 5. The summed E-state index contributed by atoms with van der Waals surface area (Å²) in [5.74, 6) is -0.755. The van der Waals surface area contributed by atoms with Crippen molar-refractivity contribution < 1.29 is 14.3 Å². The van der Waals surface area contributed by atoms with E-state index in [9.17, 15) is 14.3 Å². The van der Waals surface area contributed by atoms with Crippen LogP contribution in [0.1, 0.15) is 29.6 Å². The van der Waals surface area contributed by atoms with Crippen LogP contribution in [-0.2, 0) is 4.79 Å². The SMILES string of the molecule is CC(N)c1ncc(-c2ccc([C@@H](O)[C@@H](CF)NC(=O)C(Cl)Cl)cc2)s1. The quantitative estimate of drug-likeness (QED) is 0.617. The van der Waals surface area contributed by atoms with Crippen LogP contribution in [0.2, 0.25) is 0 Å². The Bertz CT molecular complexity index is 710. The van der Waals surface area contributed by atoms with Crippen molar-refractivity contribution in [3.8, 4) is 10.4 Å². The molecule has 0 aliphatic heterocycles. The monoisotopic (exact) mass is 405 g/mol. The molecule has 1 aromatic carbocycles. The van der Waals surface area contributed by atoms with Crippen LogP contribution in [0.25, 0.3) is 10.4 Å². The smallest absolute Gasteiger partial charge is 0.253 e. The topological polar surface area (TPSA) is 88.2 Å². The minimum atomic E-state index is -1.32. The number of aliphatic hydroxyl groups is 1. The second kappa shape index (κ2) is 8.91. The lowest BCUT2D eigenvalue weighted by Gasteiger charge is -2.22. The van der Waals surface area contributed by atoms with Gasteiger partial charge in [0, 0.05) is 6.20 Å². The van der Waals surface area contributed by atoms with Crippen LogP contribution >= 0.6 is 34.5 Å². The number of carbonyl (C=O) groups is 1. The van der Waals surface area contributed by atoms with E-state index in [0.29, 0.717) is 5.56 Å². The number of rotatable bonds is 7. The number of hydrogen-bond donors (Lipinski definition) is 3. The number of carbonyl (C=O) groups excluding carboxylic acids is 1. The Hall–Kier alpha value is -1.25. The van der Waals surface area contributed by atoms with E-state index in [1.807, 2.05) is 6.92 Å². The summed E-state index contributed by atoms with van der Waals surface area (Å²) in [5, 5.41) is 13.4. The van der Waals surface area contributed by atoms with Crippen LogP contribution in [0, 0.1) is 0 Å². The molecule has 0 fully saturated rings. The Kier molecular flexibility index (Phi) is 7.15. The van der Waals surface area contributed by atoms with Gasteiger partial charge in [0.1, 0.15) is 17.8 Å². The van der Waals surface area contributed by atoms with Crippen molar-refractivity contribution in [3.63, 3.8) is 0 Å². The summed E-state index contributed by atoms with van der Waals surface area (Å²) < 4.78 is 13.2. The number of nitrogens with zero attached hydrogens (tertiary/aromatic N) is 1. The van der Waals surface area contributed by atoms with Gasteiger partial charge in [-0.15, -0.1) is 11.3 Å². The number of nitrogens with two attached hydrogens (primary N) is 1. The predicted octanol–water partition coefficient (Wildman–Crippen LogP) is 3.12. The molecule has 0 saturated carbocycles. The summed E-state index contributed by atoms with van der Waals surface area (Å²) in [4.78, 5) is 15.4. The van der Waals surface area contributed by atoms with Gasteiger partial charge in [-0.2, -0.15) is 0 Å². The van der Waals surface area contributed by atoms with E-state index in [4.69, 9.17) is 28.9 Å². The van der Waals surface area contributed by atoms with Crippen LogP contribution in [-0.4, -0.2) is 33.6 Å². The van der Waals surface area contributed by atoms with E-state index in [-0.39, 0.29) is 6.04 Å². The molecular weight excluding hydrogens is 388 g/mol. The molecule has 25 heavy (non-hydrogen) atoms. The van der Waals surface area contributed by atoms with Crippen LogP contribution in [0.3, 0.4) is 0 Å². The van der Waals surface area contributed by atoms with Gasteiger partial charge in [0.2, 0.25) is 0 Å². The van der Waals surface area contributed by atoms with Crippen molar-refractivity contribution >= 4 is 40.4 Å². The van der Waals surface area contributed by atoms with Crippen molar-refractivity contribution in [2.45, 2.75) is 29.9 Å². The molecule has 4 N–H and O–H groups in total. The maximum Gasteiger partial charge on any atom is 0.253 e. The summed E-state index contributed by atoms with van der Waals surface area (Å²) in [6, 6.07) is 5.64. The fraction of sp³-hybridized carbons (Fsp3) is 0.375. The molecule has 136 valence electrons. The Morgan fingerprint density at radius 1 is 1.40 bits per heavy atom. The van der Waals surface area contributed by atoms with Gasteiger partial charge in [-0.25, -0.2) is 9.37 Å². The summed E-state index contributed by atoms with van der Waals surface area (Å²) in [5.41, 5.74) is 7.17. The van der Waals surface area contributed by atoms with Crippen LogP contribution in [0.15, 0.2) is 30.5 Å². The third-order valence-corrected chi connectivity index (χ3v) is 5.17. The lowest BCUT2D eigenvalue weighted by Crippen LogP contribution is -2.43. The standard InChI is InChI=1S/C16H18Cl2FN3O2S/c1-8(20)16-21-7-12(25-16)9-2-4-10(5-3-9)13(23)11(6-19)22-15(24)14(17)18/h2-5,7-8,11,13-14,23H,6,20H2,1H3,(H,22,24)/t8?,11-,13-/m1/s1. The highest BCUT2D eigenvalue weighted by Crippen LogP contribution is 2.29. The van der Waals surface area contributed by atoms with Gasteiger partial charge in [0.25, 0.3) is 5.91 Å². The van der Waals surface area contributed by atoms with Crippen LogP contribution in [0.5, 0.6) is 0 Å². The molecule has 0 radical (unpaired) electrons. The van der Waals surface area contributed by atoms with Gasteiger partial charge in [-0.05, 0) is 18.1 Å². The molecule has 9 heteroatoms. The molecule has 1 aromatic heterocycles. The fourth-order valence-corrected chi connectivity index (χ4v) is 3.16. The number of nitrogens with one attached hydrogen (secondary N) is 1. The van der Waals surface area contributed by atoms with Gasteiger partial charge < -0.3 is 16.2 Å². The Balaban J connectivity index is 2.13. The third kappa shape index (κ3) is 5.12. The van der Waals surface area contributed by atoms with Gasteiger partial charge in [0.05, 0.1) is 17.0 Å². The number of alkyl halides is 3. The van der Waals surface area contributed by atoms with Crippen LogP contribution in [0.4, 0.5) is 4.39 Å². The molecule has 0 aliphatic rings. The molecule has 0 bridgehead atoms. The molecule has 3 atom stereocenters. The molecule has 5 nitrogen and oxygen atoms in total. The fourth-order valence-electron chi connectivity index (χ4n) is 2.16. The van der Waals surface area contributed by atoms with Crippen molar-refractivity contribution in [3.05, 3.63) is 41.0 Å². The lowest BCUT2D eigenvalue weighted by atomic mass is 10.0. The Morgan fingerprint density at radius 3 is 2.52 bits per heavy atom. The number of amides is 1. The molecule has 1 amide bonds. The highest BCUT2D eigenvalue weighted by molar-refractivity contribution is 7.15. The van der Waals surface area contributed by atoms with E-state index < -0.39 is 29.6 Å². The van der Waals surface area contributed by atoms with Gasteiger partial charge in [-0.3, -0.25) is 4.79 Å². The minimum Gasteiger partial charge on any atom is -0.386 e. The van der Waals surface area contributed by atoms with Crippen molar-refractivity contribution in [1.82, 2.24) is 10.3 Å². The molecule has 2 aromatic rings. The largest absolute Gasteiger partial charge is 0.386 e. The zero-order chi connectivity index (χ0) is 18.6. The van der Waals surface area contributed by atoms with Gasteiger partial charge in [0.15, 0.2) is 4.84 Å². The van der Waals surface area contributed by atoms with E-state index in [0.717, 1.165) is 15.4 Å². The second-order valence-corrected chi connectivity index (χ2v) is 7.65.